The van der Waals surface area contributed by atoms with Crippen molar-refractivity contribution in [2.24, 2.45) is 5.92 Å². The fourth-order valence-corrected chi connectivity index (χ4v) is 2.51. The second-order valence-corrected chi connectivity index (χ2v) is 5.09. The van der Waals surface area contributed by atoms with Crippen molar-refractivity contribution < 1.29 is 8.98 Å². The molecule has 0 N–H and O–H groups in total. The van der Waals surface area contributed by atoms with Crippen LogP contribution in [0.3, 0.4) is 0 Å². The van der Waals surface area contributed by atoms with E-state index in [1.54, 1.807) is 18.6 Å². The molecule has 0 saturated heterocycles. The Hall–Kier alpha value is -1.62. The molecule has 2 aromatic rings. The molecule has 0 atom stereocenters. The number of aromatic nitrogens is 2. The lowest BCUT2D eigenvalue weighted by molar-refractivity contribution is -0.140. The summed E-state index contributed by atoms with van der Waals surface area (Å²) < 4.78 is 5.26. The molecule has 0 radical (unpaired) electrons. The lowest BCUT2D eigenvalue weighted by Gasteiger charge is -2.22. The summed E-state index contributed by atoms with van der Waals surface area (Å²) in [4.78, 5) is 20.8. The van der Waals surface area contributed by atoms with Gasteiger partial charge in [-0.3, -0.25) is 14.8 Å². The first kappa shape index (κ1) is 11.5. The second kappa shape index (κ2) is 4.94. The van der Waals surface area contributed by atoms with Crippen molar-refractivity contribution in [2.75, 3.05) is 0 Å². The minimum atomic E-state index is -0.111. The maximum absolute atomic E-state index is 11.7. The topological polar surface area (TPSA) is 52.1 Å². The second-order valence-electron chi connectivity index (χ2n) is 4.32. The zero-order chi connectivity index (χ0) is 12.4. The predicted octanol–water partition coefficient (Wildman–Crippen LogP) is 2.98. The normalized spacial score (nSPS) is 15.3. The Morgan fingerprint density at radius 3 is 3.00 bits per heavy atom. The summed E-state index contributed by atoms with van der Waals surface area (Å²) in [5, 5.41) is 0.909. The molecule has 4 nitrogen and oxygen atoms in total. The maximum atomic E-state index is 11.7. The van der Waals surface area contributed by atoms with Crippen LogP contribution in [-0.2, 0) is 8.98 Å². The molecule has 3 rings (SSSR count). The van der Waals surface area contributed by atoms with Gasteiger partial charge in [0.25, 0.3) is 0 Å². The van der Waals surface area contributed by atoms with E-state index in [0.29, 0.717) is 0 Å². The summed E-state index contributed by atoms with van der Waals surface area (Å²) in [6.45, 7) is 0. The van der Waals surface area contributed by atoms with Gasteiger partial charge in [0, 0.05) is 24.0 Å². The van der Waals surface area contributed by atoms with E-state index >= 15 is 0 Å². The van der Waals surface area contributed by atoms with E-state index in [4.69, 9.17) is 4.18 Å². The van der Waals surface area contributed by atoms with Crippen LogP contribution in [0.15, 0.2) is 35.6 Å². The highest BCUT2D eigenvalue weighted by Gasteiger charge is 2.27. The van der Waals surface area contributed by atoms with Gasteiger partial charge in [0.2, 0.25) is 0 Å². The lowest BCUT2D eigenvalue weighted by Crippen LogP contribution is -2.22. The van der Waals surface area contributed by atoms with E-state index in [0.717, 1.165) is 47.1 Å². The largest absolute Gasteiger partial charge is 0.386 e. The van der Waals surface area contributed by atoms with Gasteiger partial charge >= 0.3 is 5.97 Å². The third-order valence-electron chi connectivity index (χ3n) is 3.16. The van der Waals surface area contributed by atoms with Crippen LogP contribution in [0.25, 0.3) is 10.9 Å². The van der Waals surface area contributed by atoms with Crippen LogP contribution < -0.4 is 0 Å². The SMILES string of the molecule is O=C(OSc1ccnc2ccncc12)C1CCC1. The van der Waals surface area contributed by atoms with E-state index < -0.39 is 0 Å². The number of hydrogen-bond acceptors (Lipinski definition) is 5. The third kappa shape index (κ3) is 2.18. The quantitative estimate of drug-likeness (QED) is 0.794. The molecule has 1 fully saturated rings. The number of pyridine rings is 2. The number of rotatable bonds is 3. The predicted molar refractivity (Wildman–Crippen MR) is 68.8 cm³/mol. The number of fused-ring (bicyclic) bond motifs is 1. The van der Waals surface area contributed by atoms with Crippen LogP contribution >= 0.6 is 12.0 Å². The number of nitrogens with zero attached hydrogens (tertiary/aromatic N) is 2. The van der Waals surface area contributed by atoms with Crippen molar-refractivity contribution in [1.82, 2.24) is 9.97 Å². The summed E-state index contributed by atoms with van der Waals surface area (Å²) in [7, 11) is 0. The van der Waals surface area contributed by atoms with Crippen LogP contribution in [0.5, 0.6) is 0 Å². The Bertz CT molecular complexity index is 579. The summed E-state index contributed by atoms with van der Waals surface area (Å²) in [6, 6.07) is 3.68. The summed E-state index contributed by atoms with van der Waals surface area (Å²) in [5.41, 5.74) is 0.856. The minimum absolute atomic E-state index is 0.101. The maximum Gasteiger partial charge on any atom is 0.321 e. The molecule has 92 valence electrons. The molecule has 0 aromatic carbocycles. The van der Waals surface area contributed by atoms with Crippen LogP contribution in [0, 0.1) is 5.92 Å². The fraction of sp³-hybridized carbons (Fsp3) is 0.308. The molecule has 18 heavy (non-hydrogen) atoms. The van der Waals surface area contributed by atoms with Crippen LogP contribution in [0.2, 0.25) is 0 Å². The Kier molecular flexibility index (Phi) is 3.15. The molecule has 0 bridgehead atoms. The molecule has 5 heteroatoms. The zero-order valence-corrected chi connectivity index (χ0v) is 10.5. The molecule has 2 aromatic heterocycles. The highest BCUT2D eigenvalue weighted by atomic mass is 32.2. The van der Waals surface area contributed by atoms with Crippen LogP contribution in [-0.4, -0.2) is 15.9 Å². The summed E-state index contributed by atoms with van der Waals surface area (Å²) in [6.07, 6.45) is 8.19. The molecule has 1 aliphatic rings. The van der Waals surface area contributed by atoms with Gasteiger partial charge in [-0.25, -0.2) is 0 Å². The van der Waals surface area contributed by atoms with E-state index in [2.05, 4.69) is 9.97 Å². The molecular formula is C13H12N2O2S. The van der Waals surface area contributed by atoms with E-state index in [1.165, 1.54) is 0 Å². The van der Waals surface area contributed by atoms with Gasteiger partial charge in [0.1, 0.15) is 0 Å². The van der Waals surface area contributed by atoms with Crippen molar-refractivity contribution in [1.29, 1.82) is 0 Å². The van der Waals surface area contributed by atoms with Crippen molar-refractivity contribution in [3.8, 4) is 0 Å². The van der Waals surface area contributed by atoms with E-state index in [9.17, 15) is 4.79 Å². The van der Waals surface area contributed by atoms with Gasteiger partial charge in [-0.05, 0) is 25.0 Å². The Labute approximate surface area is 109 Å². The van der Waals surface area contributed by atoms with E-state index in [1.807, 2.05) is 12.1 Å². The zero-order valence-electron chi connectivity index (χ0n) is 9.70. The van der Waals surface area contributed by atoms with Gasteiger partial charge in [0.05, 0.1) is 28.4 Å². The highest BCUT2D eigenvalue weighted by Crippen LogP contribution is 2.32. The molecule has 1 saturated carbocycles. The smallest absolute Gasteiger partial charge is 0.321 e. The molecule has 0 amide bonds. The van der Waals surface area contributed by atoms with Gasteiger partial charge in [-0.15, -0.1) is 0 Å². The van der Waals surface area contributed by atoms with Gasteiger partial charge < -0.3 is 4.18 Å². The van der Waals surface area contributed by atoms with Crippen molar-refractivity contribution >= 4 is 28.9 Å². The minimum Gasteiger partial charge on any atom is -0.386 e. The molecule has 1 aliphatic carbocycles. The Morgan fingerprint density at radius 1 is 1.33 bits per heavy atom. The first-order chi connectivity index (χ1) is 8.84. The number of carbonyl (C=O) groups is 1. The monoisotopic (exact) mass is 260 g/mol. The van der Waals surface area contributed by atoms with Gasteiger partial charge in [-0.2, -0.15) is 0 Å². The fourth-order valence-electron chi connectivity index (χ4n) is 1.84. The molecule has 2 heterocycles. The lowest BCUT2D eigenvalue weighted by atomic mass is 9.86. The summed E-state index contributed by atoms with van der Waals surface area (Å²) >= 11 is 1.11. The van der Waals surface area contributed by atoms with Crippen LogP contribution in [0.4, 0.5) is 0 Å². The van der Waals surface area contributed by atoms with Gasteiger partial charge in [-0.1, -0.05) is 6.42 Å². The average Bonchev–Trinajstić information content (AvgIpc) is 2.34. The van der Waals surface area contributed by atoms with Gasteiger partial charge in [0.15, 0.2) is 0 Å². The van der Waals surface area contributed by atoms with Crippen molar-refractivity contribution in [2.45, 2.75) is 24.2 Å². The number of hydrogen-bond donors (Lipinski definition) is 0. The standard InChI is InChI=1S/C13H12N2O2S/c16-13(9-2-1-3-9)17-18-12-5-7-15-11-4-6-14-8-10(11)12/h4-9H,1-3H2. The van der Waals surface area contributed by atoms with E-state index in [-0.39, 0.29) is 11.9 Å². The summed E-state index contributed by atoms with van der Waals surface area (Å²) in [5.74, 6) is -0.0103. The molecule has 0 aliphatic heterocycles. The molecule has 0 unspecified atom stereocenters. The molecular weight excluding hydrogens is 248 g/mol. The van der Waals surface area contributed by atoms with Crippen LogP contribution in [0.1, 0.15) is 19.3 Å². The number of carbonyl (C=O) groups excluding carboxylic acids is 1. The van der Waals surface area contributed by atoms with Crippen molar-refractivity contribution in [3.63, 3.8) is 0 Å². The average molecular weight is 260 g/mol. The molecule has 0 spiro atoms. The Balaban J connectivity index is 1.76. The third-order valence-corrected chi connectivity index (χ3v) is 3.94. The first-order valence-corrected chi connectivity index (χ1v) is 6.66. The van der Waals surface area contributed by atoms with Crippen molar-refractivity contribution in [3.05, 3.63) is 30.7 Å². The first-order valence-electron chi connectivity index (χ1n) is 5.92. The Morgan fingerprint density at radius 2 is 2.22 bits per heavy atom. The highest BCUT2D eigenvalue weighted by molar-refractivity contribution is 7.95.